The highest BCUT2D eigenvalue weighted by Crippen LogP contribution is 2.27. The van der Waals surface area contributed by atoms with E-state index in [4.69, 9.17) is 0 Å². The van der Waals surface area contributed by atoms with E-state index >= 15 is 0 Å². The molecule has 2 aromatic rings. The van der Waals surface area contributed by atoms with Crippen LogP contribution in [0.3, 0.4) is 0 Å². The van der Waals surface area contributed by atoms with Crippen LogP contribution in [0, 0.1) is 0 Å². The predicted molar refractivity (Wildman–Crippen MR) is 92.3 cm³/mol. The van der Waals surface area contributed by atoms with Crippen molar-refractivity contribution in [1.29, 1.82) is 0 Å². The minimum absolute atomic E-state index is 0.226. The minimum Gasteiger partial charge on any atom is -0.312 e. The largest absolute Gasteiger partial charge is 0.312 e. The van der Waals surface area contributed by atoms with E-state index in [-0.39, 0.29) is 5.54 Å². The zero-order valence-electron chi connectivity index (χ0n) is 12.7. The first kappa shape index (κ1) is 15.5. The molecular formula is C18H24BrN. The van der Waals surface area contributed by atoms with Crippen molar-refractivity contribution in [2.24, 2.45) is 0 Å². The quantitative estimate of drug-likeness (QED) is 0.731. The average Bonchev–Trinajstić information content (AvgIpc) is 2.40. The SMILES string of the molecule is CC(C)(C)NCCCCc1ccc(Br)c2ccccc12. The molecular weight excluding hydrogens is 310 g/mol. The highest BCUT2D eigenvalue weighted by Gasteiger charge is 2.07. The molecule has 20 heavy (non-hydrogen) atoms. The lowest BCUT2D eigenvalue weighted by molar-refractivity contribution is 0.419. The molecule has 0 atom stereocenters. The zero-order valence-corrected chi connectivity index (χ0v) is 14.3. The van der Waals surface area contributed by atoms with Crippen molar-refractivity contribution in [2.45, 2.75) is 45.6 Å². The first-order chi connectivity index (χ1) is 9.47. The van der Waals surface area contributed by atoms with Crippen molar-refractivity contribution in [1.82, 2.24) is 5.32 Å². The van der Waals surface area contributed by atoms with Crippen LogP contribution in [0.4, 0.5) is 0 Å². The van der Waals surface area contributed by atoms with Crippen LogP contribution in [-0.4, -0.2) is 12.1 Å². The Morgan fingerprint density at radius 3 is 2.35 bits per heavy atom. The summed E-state index contributed by atoms with van der Waals surface area (Å²) in [4.78, 5) is 0. The molecule has 0 aliphatic rings. The van der Waals surface area contributed by atoms with Crippen molar-refractivity contribution >= 4 is 26.7 Å². The maximum Gasteiger partial charge on any atom is 0.0253 e. The van der Waals surface area contributed by atoms with Crippen LogP contribution in [0.5, 0.6) is 0 Å². The van der Waals surface area contributed by atoms with Crippen LogP contribution in [0.25, 0.3) is 10.8 Å². The Labute approximate surface area is 130 Å². The Hall–Kier alpha value is -0.860. The van der Waals surface area contributed by atoms with E-state index in [2.05, 4.69) is 78.4 Å². The average molecular weight is 334 g/mol. The standard InChI is InChI=1S/C18H24BrN/c1-18(2,3)20-13-7-6-8-14-11-12-17(19)16-10-5-4-9-15(14)16/h4-5,9-12,20H,6-8,13H2,1-3H3. The Bertz CT molecular complexity index is 569. The van der Waals surface area contributed by atoms with Gasteiger partial charge in [0.1, 0.15) is 0 Å². The Balaban J connectivity index is 1.95. The third-order valence-corrected chi connectivity index (χ3v) is 4.18. The van der Waals surface area contributed by atoms with Crippen LogP contribution in [0.15, 0.2) is 40.9 Å². The van der Waals surface area contributed by atoms with Gasteiger partial charge < -0.3 is 5.32 Å². The molecule has 0 fully saturated rings. The number of benzene rings is 2. The van der Waals surface area contributed by atoms with Gasteiger partial charge in [0.05, 0.1) is 0 Å². The number of halogens is 1. The molecule has 1 nitrogen and oxygen atoms in total. The van der Waals surface area contributed by atoms with Crippen LogP contribution in [-0.2, 0) is 6.42 Å². The lowest BCUT2D eigenvalue weighted by Gasteiger charge is -2.20. The summed E-state index contributed by atoms with van der Waals surface area (Å²) < 4.78 is 1.19. The first-order valence-corrected chi connectivity index (χ1v) is 8.18. The van der Waals surface area contributed by atoms with Gasteiger partial charge in [0.15, 0.2) is 0 Å². The van der Waals surface area contributed by atoms with Crippen molar-refractivity contribution in [2.75, 3.05) is 6.54 Å². The van der Waals surface area contributed by atoms with E-state index in [9.17, 15) is 0 Å². The summed E-state index contributed by atoms with van der Waals surface area (Å²) in [7, 11) is 0. The lowest BCUT2D eigenvalue weighted by Crippen LogP contribution is -2.36. The predicted octanol–water partition coefficient (Wildman–Crippen LogP) is 5.31. The second-order valence-electron chi connectivity index (χ2n) is 6.39. The topological polar surface area (TPSA) is 12.0 Å². The summed E-state index contributed by atoms with van der Waals surface area (Å²) in [5.74, 6) is 0. The van der Waals surface area contributed by atoms with Crippen molar-refractivity contribution in [3.63, 3.8) is 0 Å². The number of fused-ring (bicyclic) bond motifs is 1. The molecule has 1 N–H and O–H groups in total. The van der Waals surface area contributed by atoms with Gasteiger partial charge in [-0.15, -0.1) is 0 Å². The molecule has 0 saturated carbocycles. The van der Waals surface area contributed by atoms with Gasteiger partial charge in [-0.2, -0.15) is 0 Å². The van der Waals surface area contributed by atoms with Gasteiger partial charge in [0, 0.05) is 10.0 Å². The summed E-state index contributed by atoms with van der Waals surface area (Å²) in [6.07, 6.45) is 3.61. The number of hydrogen-bond donors (Lipinski definition) is 1. The minimum atomic E-state index is 0.226. The maximum absolute atomic E-state index is 3.64. The molecule has 2 aromatic carbocycles. The summed E-state index contributed by atoms with van der Waals surface area (Å²) in [5.41, 5.74) is 1.68. The molecule has 0 heterocycles. The number of rotatable bonds is 5. The van der Waals surface area contributed by atoms with E-state index in [1.165, 1.54) is 33.7 Å². The summed E-state index contributed by atoms with van der Waals surface area (Å²) >= 11 is 3.64. The Kier molecular flexibility index (Phi) is 5.22. The van der Waals surface area contributed by atoms with Crippen LogP contribution < -0.4 is 5.32 Å². The molecule has 0 saturated heterocycles. The van der Waals surface area contributed by atoms with E-state index < -0.39 is 0 Å². The highest BCUT2D eigenvalue weighted by molar-refractivity contribution is 9.10. The van der Waals surface area contributed by atoms with Crippen molar-refractivity contribution in [3.05, 3.63) is 46.4 Å². The first-order valence-electron chi connectivity index (χ1n) is 7.38. The van der Waals surface area contributed by atoms with E-state index in [1.807, 2.05) is 0 Å². The lowest BCUT2D eigenvalue weighted by atomic mass is 10.00. The summed E-state index contributed by atoms with van der Waals surface area (Å²) in [6, 6.07) is 13.1. The fourth-order valence-electron chi connectivity index (χ4n) is 2.45. The van der Waals surface area contributed by atoms with E-state index in [1.54, 1.807) is 0 Å². The number of hydrogen-bond acceptors (Lipinski definition) is 1. The van der Waals surface area contributed by atoms with E-state index in [0.717, 1.165) is 13.0 Å². The maximum atomic E-state index is 3.64. The molecule has 0 aromatic heterocycles. The molecule has 0 radical (unpaired) electrons. The molecule has 0 aliphatic heterocycles. The molecule has 108 valence electrons. The van der Waals surface area contributed by atoms with Gasteiger partial charge in [-0.1, -0.05) is 46.3 Å². The summed E-state index contributed by atoms with van der Waals surface area (Å²) in [5, 5.41) is 6.24. The van der Waals surface area contributed by atoms with Crippen molar-refractivity contribution in [3.8, 4) is 0 Å². The Morgan fingerprint density at radius 2 is 1.65 bits per heavy atom. The fraction of sp³-hybridized carbons (Fsp3) is 0.444. The molecule has 0 unspecified atom stereocenters. The zero-order chi connectivity index (χ0) is 14.6. The van der Waals surface area contributed by atoms with Gasteiger partial charge >= 0.3 is 0 Å². The number of unbranched alkanes of at least 4 members (excludes halogenated alkanes) is 1. The highest BCUT2D eigenvalue weighted by atomic mass is 79.9. The van der Waals surface area contributed by atoms with Crippen LogP contribution in [0.2, 0.25) is 0 Å². The van der Waals surface area contributed by atoms with Gasteiger partial charge in [-0.3, -0.25) is 0 Å². The third kappa shape index (κ3) is 4.32. The normalized spacial score (nSPS) is 12.0. The van der Waals surface area contributed by atoms with Crippen LogP contribution >= 0.6 is 15.9 Å². The number of aryl methyl sites for hydroxylation is 1. The Morgan fingerprint density at radius 1 is 0.950 bits per heavy atom. The molecule has 2 heteroatoms. The summed E-state index contributed by atoms with van der Waals surface area (Å²) in [6.45, 7) is 7.75. The molecule has 0 amide bonds. The van der Waals surface area contributed by atoms with E-state index in [0.29, 0.717) is 0 Å². The third-order valence-electron chi connectivity index (χ3n) is 3.49. The van der Waals surface area contributed by atoms with Gasteiger partial charge in [-0.25, -0.2) is 0 Å². The van der Waals surface area contributed by atoms with Crippen molar-refractivity contribution < 1.29 is 0 Å². The molecule has 0 aliphatic carbocycles. The second kappa shape index (κ2) is 6.73. The monoisotopic (exact) mass is 333 g/mol. The number of nitrogens with one attached hydrogen (secondary N) is 1. The van der Waals surface area contributed by atoms with Gasteiger partial charge in [0.2, 0.25) is 0 Å². The smallest absolute Gasteiger partial charge is 0.0253 e. The molecule has 2 rings (SSSR count). The fourth-order valence-corrected chi connectivity index (χ4v) is 2.92. The van der Waals surface area contributed by atoms with Gasteiger partial charge in [0.25, 0.3) is 0 Å². The van der Waals surface area contributed by atoms with Crippen LogP contribution in [0.1, 0.15) is 39.2 Å². The van der Waals surface area contributed by atoms with Gasteiger partial charge in [-0.05, 0) is 69.0 Å². The second-order valence-corrected chi connectivity index (χ2v) is 7.24. The molecule has 0 spiro atoms. The molecule has 0 bridgehead atoms.